The van der Waals surface area contributed by atoms with Gasteiger partial charge in [0.25, 0.3) is 5.91 Å². The van der Waals surface area contributed by atoms with Gasteiger partial charge in [0.1, 0.15) is 17.4 Å². The molecule has 0 atom stereocenters. The molecular weight excluding hydrogens is 616 g/mol. The van der Waals surface area contributed by atoms with E-state index in [-0.39, 0.29) is 30.7 Å². The number of anilines is 1. The largest absolute Gasteiger partial charge is 0.439 e. The summed E-state index contributed by atoms with van der Waals surface area (Å²) in [4.78, 5) is 33.1. The fourth-order valence-electron chi connectivity index (χ4n) is 5.14. The van der Waals surface area contributed by atoms with E-state index in [4.69, 9.17) is 10.5 Å². The van der Waals surface area contributed by atoms with Gasteiger partial charge in [-0.3, -0.25) is 9.69 Å². The number of unbranched alkanes of at least 4 members (excludes halogenated alkanes) is 1. The van der Waals surface area contributed by atoms with E-state index in [1.54, 1.807) is 48.4 Å². The van der Waals surface area contributed by atoms with E-state index >= 15 is 0 Å². The highest BCUT2D eigenvalue weighted by molar-refractivity contribution is 7.90. The average molecular weight is 660 g/mol. The van der Waals surface area contributed by atoms with Crippen molar-refractivity contribution >= 4 is 27.5 Å². The summed E-state index contributed by atoms with van der Waals surface area (Å²) in [5.74, 6) is -2.06. The highest BCUT2D eigenvalue weighted by atomic mass is 32.2. The zero-order valence-electron chi connectivity index (χ0n) is 25.5. The monoisotopic (exact) mass is 659 g/mol. The Labute approximate surface area is 269 Å². The van der Waals surface area contributed by atoms with E-state index in [1.165, 1.54) is 0 Å². The van der Waals surface area contributed by atoms with Crippen LogP contribution in [0.15, 0.2) is 54.7 Å². The molecule has 0 aliphatic carbocycles. The Bertz CT molecular complexity index is 1580. The zero-order chi connectivity index (χ0) is 32.6. The van der Waals surface area contributed by atoms with Gasteiger partial charge in [0.15, 0.2) is 9.84 Å². The van der Waals surface area contributed by atoms with Crippen LogP contribution in [0.2, 0.25) is 0 Å². The summed E-state index contributed by atoms with van der Waals surface area (Å²) in [6.07, 6.45) is 4.79. The Hall–Kier alpha value is -4.10. The second kappa shape index (κ2) is 16.5. The molecule has 4 rings (SSSR count). The molecule has 46 heavy (non-hydrogen) atoms. The van der Waals surface area contributed by atoms with Crippen molar-refractivity contribution in [2.24, 2.45) is 5.73 Å². The summed E-state index contributed by atoms with van der Waals surface area (Å²) in [5, 5.41) is 2.51. The van der Waals surface area contributed by atoms with E-state index < -0.39 is 39.0 Å². The van der Waals surface area contributed by atoms with E-state index in [1.807, 2.05) is 13.0 Å². The maximum absolute atomic E-state index is 14.4. The van der Waals surface area contributed by atoms with Gasteiger partial charge >= 0.3 is 6.03 Å². The first-order valence-electron chi connectivity index (χ1n) is 15.0. The van der Waals surface area contributed by atoms with Crippen molar-refractivity contribution in [3.8, 4) is 11.6 Å². The number of likely N-dealkylation sites (tertiary alicyclic amines) is 1. The summed E-state index contributed by atoms with van der Waals surface area (Å²) < 4.78 is 57.8. The number of nitrogens with zero attached hydrogens (tertiary/aromatic N) is 3. The van der Waals surface area contributed by atoms with Crippen molar-refractivity contribution < 1.29 is 31.5 Å². The molecule has 1 aliphatic heterocycles. The highest BCUT2D eigenvalue weighted by Gasteiger charge is 2.28. The first-order valence-corrected chi connectivity index (χ1v) is 16.8. The van der Waals surface area contributed by atoms with E-state index in [0.717, 1.165) is 37.6 Å². The number of aromatic nitrogens is 1. The van der Waals surface area contributed by atoms with E-state index in [9.17, 15) is 26.8 Å². The zero-order valence-corrected chi connectivity index (χ0v) is 26.3. The molecule has 250 valence electrons. The molecule has 0 bridgehead atoms. The Kier molecular flexibility index (Phi) is 13.0. The van der Waals surface area contributed by atoms with Crippen LogP contribution in [0.3, 0.4) is 0 Å². The maximum Gasteiger partial charge on any atom is 0.322 e. The molecule has 3 aromatic rings. The van der Waals surface area contributed by atoms with Gasteiger partial charge in [-0.15, -0.1) is 0 Å². The smallest absolute Gasteiger partial charge is 0.322 e. The summed E-state index contributed by atoms with van der Waals surface area (Å²) in [5.41, 5.74) is 6.09. The number of primary amides is 1. The molecule has 1 fully saturated rings. The van der Waals surface area contributed by atoms with Gasteiger partial charge in [-0.05, 0) is 48.6 Å². The molecule has 1 saturated heterocycles. The first-order chi connectivity index (χ1) is 21.5. The minimum atomic E-state index is -3.11. The van der Waals surface area contributed by atoms with Crippen LogP contribution < -0.4 is 15.8 Å². The fourth-order valence-corrected chi connectivity index (χ4v) is 6.05. The number of hydrogen-bond acceptors (Lipinski definition) is 7. The second-order valence-electron chi connectivity index (χ2n) is 11.1. The number of benzene rings is 2. The van der Waals surface area contributed by atoms with Gasteiger partial charge < -0.3 is 20.7 Å². The lowest BCUT2D eigenvalue weighted by Gasteiger charge is -2.38. The third-order valence-electron chi connectivity index (χ3n) is 7.75. The topological polar surface area (TPSA) is 135 Å². The van der Waals surface area contributed by atoms with Crippen LogP contribution in [0.1, 0.15) is 68.4 Å². The number of sulfone groups is 1. The van der Waals surface area contributed by atoms with Gasteiger partial charge in [0.2, 0.25) is 5.88 Å². The van der Waals surface area contributed by atoms with Crippen LogP contribution in [-0.2, 0) is 22.1 Å². The van der Waals surface area contributed by atoms with Crippen LogP contribution in [-0.4, -0.2) is 66.6 Å². The number of rotatable bonds is 13. The molecule has 10 nitrogen and oxygen atoms in total. The number of amides is 3. The molecule has 0 radical (unpaired) electrons. The molecule has 0 unspecified atom stereocenters. The highest BCUT2D eigenvalue weighted by Crippen LogP contribution is 2.25. The SMILES string of the molecule is C.CCCCN(C(=O)Nc1cc(C(N)=O)c(F)cc1F)C1CCN(Cc2ccc(Oc3ccc(CS(=O)(=O)CC)cc3)nc2)CC1. The molecule has 1 aromatic heterocycles. The molecule has 2 heterocycles. The molecule has 2 aromatic carbocycles. The molecule has 3 amide bonds. The number of halogens is 2. The van der Waals surface area contributed by atoms with Gasteiger partial charge in [-0.1, -0.05) is 45.9 Å². The normalized spacial score (nSPS) is 13.9. The van der Waals surface area contributed by atoms with Crippen molar-refractivity contribution in [3.05, 3.63) is 83.1 Å². The molecule has 0 saturated carbocycles. The molecule has 13 heteroatoms. The third-order valence-corrected chi connectivity index (χ3v) is 9.40. The van der Waals surface area contributed by atoms with Crippen molar-refractivity contribution in [2.45, 2.75) is 65.3 Å². The second-order valence-corrected chi connectivity index (χ2v) is 13.4. The van der Waals surface area contributed by atoms with Crippen LogP contribution in [0.5, 0.6) is 11.6 Å². The number of ether oxygens (including phenoxy) is 1. The summed E-state index contributed by atoms with van der Waals surface area (Å²) in [6, 6.07) is 11.5. The predicted molar refractivity (Wildman–Crippen MR) is 174 cm³/mol. The molecule has 1 aliphatic rings. The van der Waals surface area contributed by atoms with Gasteiger partial charge in [-0.2, -0.15) is 0 Å². The number of carbonyl (C=O) groups excluding carboxylic acids is 2. The van der Waals surface area contributed by atoms with Crippen molar-refractivity contribution in [2.75, 3.05) is 30.7 Å². The number of urea groups is 1. The minimum Gasteiger partial charge on any atom is -0.439 e. The van der Waals surface area contributed by atoms with Crippen molar-refractivity contribution in [1.29, 1.82) is 0 Å². The lowest BCUT2D eigenvalue weighted by molar-refractivity contribution is 0.0996. The number of hydrogen-bond donors (Lipinski definition) is 2. The van der Waals surface area contributed by atoms with Crippen LogP contribution >= 0.6 is 0 Å². The Morgan fingerprint density at radius 2 is 1.72 bits per heavy atom. The Morgan fingerprint density at radius 1 is 1.04 bits per heavy atom. The molecular formula is C33H43F2N5O5S. The van der Waals surface area contributed by atoms with Gasteiger partial charge in [0.05, 0.1) is 17.0 Å². The summed E-state index contributed by atoms with van der Waals surface area (Å²) in [6.45, 7) is 6.25. The Morgan fingerprint density at radius 3 is 2.30 bits per heavy atom. The first kappa shape index (κ1) is 36.4. The van der Waals surface area contributed by atoms with Crippen LogP contribution in [0, 0.1) is 11.6 Å². The number of pyridine rings is 1. The van der Waals surface area contributed by atoms with Gasteiger partial charge in [-0.25, -0.2) is 27.0 Å². The average Bonchev–Trinajstić information content (AvgIpc) is 3.01. The van der Waals surface area contributed by atoms with Crippen molar-refractivity contribution in [3.63, 3.8) is 0 Å². The third kappa shape index (κ3) is 9.95. The maximum atomic E-state index is 14.4. The van der Waals surface area contributed by atoms with Crippen LogP contribution in [0.25, 0.3) is 0 Å². The predicted octanol–water partition coefficient (Wildman–Crippen LogP) is 6.12. The molecule has 3 N–H and O–H groups in total. The summed E-state index contributed by atoms with van der Waals surface area (Å²) >= 11 is 0. The van der Waals surface area contributed by atoms with Crippen molar-refractivity contribution in [1.82, 2.24) is 14.8 Å². The Balaban J connectivity index is 0.00000576. The number of nitrogens with two attached hydrogens (primary N) is 1. The summed E-state index contributed by atoms with van der Waals surface area (Å²) in [7, 11) is -3.11. The number of carbonyl (C=O) groups is 2. The number of nitrogens with one attached hydrogen (secondary N) is 1. The van der Waals surface area contributed by atoms with E-state index in [0.29, 0.717) is 49.2 Å². The molecule has 0 spiro atoms. The van der Waals surface area contributed by atoms with Crippen LogP contribution in [0.4, 0.5) is 19.3 Å². The standard InChI is InChI=1S/C32H39F2N5O5S.CH4/c1-3-5-14-39(32(41)37-29-17-26(31(35)40)27(33)18-28(29)34)24-12-15-38(16-13-24)20-23-8-11-30(36-19-23)44-25-9-6-22(7-10-25)21-45(42,43)4-2;/h6-11,17-19,24H,3-5,12-16,20-21H2,1-2H3,(H2,35,40)(H,37,41);1H4. The fraction of sp³-hybridized carbons (Fsp3) is 0.424. The lowest BCUT2D eigenvalue weighted by Crippen LogP contribution is -2.49. The van der Waals surface area contributed by atoms with E-state index in [2.05, 4.69) is 15.2 Å². The quantitative estimate of drug-likeness (QED) is 0.226. The van der Waals surface area contributed by atoms with Gasteiger partial charge in [0, 0.05) is 56.3 Å². The lowest BCUT2D eigenvalue weighted by atomic mass is 10.0. The minimum absolute atomic E-state index is 0. The number of piperidine rings is 1.